The molecule has 0 aliphatic carbocycles. The number of aromatic amines is 1. The van der Waals surface area contributed by atoms with Crippen LogP contribution < -0.4 is 5.32 Å². The third-order valence-electron chi connectivity index (χ3n) is 3.37. The van der Waals surface area contributed by atoms with E-state index in [0.29, 0.717) is 12.2 Å². The van der Waals surface area contributed by atoms with Crippen LogP contribution in [-0.4, -0.2) is 32.4 Å². The molecular formula is C14H21N5O. The molecule has 0 saturated heterocycles. The Balaban J connectivity index is 1.80. The van der Waals surface area contributed by atoms with Crippen molar-refractivity contribution in [1.29, 1.82) is 0 Å². The van der Waals surface area contributed by atoms with Gasteiger partial charge in [0.1, 0.15) is 5.69 Å². The first-order chi connectivity index (χ1) is 9.61. The number of H-pyrrole nitrogens is 1. The number of aryl methyl sites for hydroxylation is 4. The Bertz CT molecular complexity index is 584. The number of aromatic nitrogens is 4. The number of amides is 1. The summed E-state index contributed by atoms with van der Waals surface area (Å²) in [4.78, 5) is 12.0. The largest absolute Gasteiger partial charge is 0.351 e. The van der Waals surface area contributed by atoms with Crippen LogP contribution in [0.1, 0.15) is 40.8 Å². The minimum Gasteiger partial charge on any atom is -0.351 e. The van der Waals surface area contributed by atoms with Crippen molar-refractivity contribution in [3.05, 3.63) is 34.9 Å². The van der Waals surface area contributed by atoms with Crippen molar-refractivity contribution in [1.82, 2.24) is 25.3 Å². The molecule has 2 aromatic rings. The molecule has 0 aromatic carbocycles. The maximum atomic E-state index is 12.0. The van der Waals surface area contributed by atoms with Crippen LogP contribution >= 0.6 is 0 Å². The lowest BCUT2D eigenvalue weighted by Crippen LogP contribution is -2.26. The first kappa shape index (κ1) is 14.3. The molecule has 6 heteroatoms. The summed E-state index contributed by atoms with van der Waals surface area (Å²) in [7, 11) is 1.79. The van der Waals surface area contributed by atoms with E-state index in [2.05, 4.69) is 20.6 Å². The lowest BCUT2D eigenvalue weighted by molar-refractivity contribution is 0.0944. The number of rotatable bonds is 6. The van der Waals surface area contributed by atoms with Gasteiger partial charge in [0, 0.05) is 19.3 Å². The summed E-state index contributed by atoms with van der Waals surface area (Å²) in [5.74, 6) is -0.0661. The monoisotopic (exact) mass is 275 g/mol. The summed E-state index contributed by atoms with van der Waals surface area (Å²) >= 11 is 0. The fourth-order valence-electron chi connectivity index (χ4n) is 2.11. The highest BCUT2D eigenvalue weighted by Crippen LogP contribution is 2.06. The Kier molecular flexibility index (Phi) is 4.55. The normalized spacial score (nSPS) is 10.8. The van der Waals surface area contributed by atoms with Crippen molar-refractivity contribution in [2.45, 2.75) is 33.1 Å². The van der Waals surface area contributed by atoms with Crippen molar-refractivity contribution < 1.29 is 4.79 Å². The summed E-state index contributed by atoms with van der Waals surface area (Å²) in [6.07, 6.45) is 4.48. The van der Waals surface area contributed by atoms with E-state index in [9.17, 15) is 4.79 Å². The van der Waals surface area contributed by atoms with Crippen LogP contribution in [0.5, 0.6) is 0 Å². The molecule has 2 aromatic heterocycles. The van der Waals surface area contributed by atoms with Crippen molar-refractivity contribution in [3.8, 4) is 0 Å². The predicted molar refractivity (Wildman–Crippen MR) is 76.6 cm³/mol. The molecule has 0 atom stereocenters. The van der Waals surface area contributed by atoms with E-state index in [1.807, 2.05) is 26.1 Å². The Morgan fingerprint density at radius 3 is 2.90 bits per heavy atom. The summed E-state index contributed by atoms with van der Waals surface area (Å²) in [5, 5.41) is 14.1. The highest BCUT2D eigenvalue weighted by Gasteiger charge is 2.11. The summed E-state index contributed by atoms with van der Waals surface area (Å²) < 4.78 is 1.63. The van der Waals surface area contributed by atoms with Crippen LogP contribution in [0.4, 0.5) is 0 Å². The summed E-state index contributed by atoms with van der Waals surface area (Å²) in [6.45, 7) is 4.68. The van der Waals surface area contributed by atoms with Gasteiger partial charge in [-0.15, -0.1) is 0 Å². The van der Waals surface area contributed by atoms with Gasteiger partial charge in [-0.1, -0.05) is 6.92 Å². The summed E-state index contributed by atoms with van der Waals surface area (Å²) in [6, 6.07) is 1.84. The Labute approximate surface area is 118 Å². The van der Waals surface area contributed by atoms with Crippen LogP contribution in [0, 0.1) is 6.92 Å². The maximum Gasteiger partial charge on any atom is 0.269 e. The second kappa shape index (κ2) is 6.36. The average Bonchev–Trinajstić information content (AvgIpc) is 3.00. The zero-order valence-electron chi connectivity index (χ0n) is 12.2. The van der Waals surface area contributed by atoms with Crippen molar-refractivity contribution in [2.24, 2.45) is 7.05 Å². The molecule has 2 N–H and O–H groups in total. The van der Waals surface area contributed by atoms with Crippen molar-refractivity contribution in [3.63, 3.8) is 0 Å². The minimum atomic E-state index is -0.0661. The van der Waals surface area contributed by atoms with Gasteiger partial charge in [-0.3, -0.25) is 14.6 Å². The van der Waals surface area contributed by atoms with E-state index in [0.717, 1.165) is 30.7 Å². The maximum absolute atomic E-state index is 12.0. The van der Waals surface area contributed by atoms with Crippen LogP contribution in [0.25, 0.3) is 0 Å². The van der Waals surface area contributed by atoms with E-state index in [1.165, 1.54) is 5.56 Å². The molecule has 6 nitrogen and oxygen atoms in total. The van der Waals surface area contributed by atoms with Gasteiger partial charge in [-0.2, -0.15) is 10.2 Å². The van der Waals surface area contributed by atoms with E-state index in [4.69, 9.17) is 0 Å². The molecule has 0 radical (unpaired) electrons. The standard InChI is InChI=1S/C14H21N5O/c1-4-12-8-13(19(3)18-12)14(20)15-7-5-6-11-9-16-17-10(11)2/h8-9H,4-7H2,1-3H3,(H,15,20)(H,16,17). The second-order valence-corrected chi connectivity index (χ2v) is 4.88. The molecule has 2 rings (SSSR count). The molecule has 0 aliphatic rings. The Morgan fingerprint density at radius 2 is 2.30 bits per heavy atom. The molecular weight excluding hydrogens is 254 g/mol. The lowest BCUT2D eigenvalue weighted by Gasteiger charge is -2.05. The topological polar surface area (TPSA) is 75.6 Å². The van der Waals surface area contributed by atoms with Gasteiger partial charge in [0.15, 0.2) is 0 Å². The predicted octanol–water partition coefficient (Wildman–Crippen LogP) is 1.38. The zero-order valence-corrected chi connectivity index (χ0v) is 12.2. The van der Waals surface area contributed by atoms with E-state index >= 15 is 0 Å². The van der Waals surface area contributed by atoms with Gasteiger partial charge in [0.2, 0.25) is 0 Å². The lowest BCUT2D eigenvalue weighted by atomic mass is 10.1. The van der Waals surface area contributed by atoms with E-state index in [1.54, 1.807) is 11.7 Å². The van der Waals surface area contributed by atoms with Gasteiger partial charge in [0.05, 0.1) is 11.9 Å². The molecule has 0 aliphatic heterocycles. The van der Waals surface area contributed by atoms with Gasteiger partial charge >= 0.3 is 0 Å². The molecule has 0 fully saturated rings. The van der Waals surface area contributed by atoms with Gasteiger partial charge in [-0.05, 0) is 37.8 Å². The highest BCUT2D eigenvalue weighted by molar-refractivity contribution is 5.92. The Hall–Kier alpha value is -2.11. The molecule has 108 valence electrons. The van der Waals surface area contributed by atoms with Crippen molar-refractivity contribution in [2.75, 3.05) is 6.54 Å². The molecule has 1 amide bonds. The quantitative estimate of drug-likeness (QED) is 0.782. The number of nitrogens with zero attached hydrogens (tertiary/aromatic N) is 3. The number of carbonyl (C=O) groups excluding carboxylic acids is 1. The molecule has 0 bridgehead atoms. The first-order valence-electron chi connectivity index (χ1n) is 6.91. The zero-order chi connectivity index (χ0) is 14.5. The van der Waals surface area contributed by atoms with Crippen LogP contribution in [0.2, 0.25) is 0 Å². The van der Waals surface area contributed by atoms with Crippen LogP contribution in [0.15, 0.2) is 12.3 Å². The third kappa shape index (κ3) is 3.26. The van der Waals surface area contributed by atoms with Crippen molar-refractivity contribution >= 4 is 5.91 Å². The minimum absolute atomic E-state index is 0.0661. The third-order valence-corrected chi connectivity index (χ3v) is 3.37. The summed E-state index contributed by atoms with van der Waals surface area (Å²) in [5.41, 5.74) is 3.84. The first-order valence-corrected chi connectivity index (χ1v) is 6.91. The number of hydrogen-bond donors (Lipinski definition) is 2. The number of carbonyl (C=O) groups is 1. The van der Waals surface area contributed by atoms with E-state index < -0.39 is 0 Å². The highest BCUT2D eigenvalue weighted by atomic mass is 16.2. The molecule has 20 heavy (non-hydrogen) atoms. The Morgan fingerprint density at radius 1 is 1.50 bits per heavy atom. The van der Waals surface area contributed by atoms with Gasteiger partial charge in [-0.25, -0.2) is 0 Å². The van der Waals surface area contributed by atoms with E-state index in [-0.39, 0.29) is 5.91 Å². The molecule has 0 saturated carbocycles. The molecule has 0 spiro atoms. The molecule has 2 heterocycles. The SMILES string of the molecule is CCc1cc(C(=O)NCCCc2cn[nH]c2C)n(C)n1. The fourth-order valence-corrected chi connectivity index (χ4v) is 2.11. The smallest absolute Gasteiger partial charge is 0.269 e. The fraction of sp³-hybridized carbons (Fsp3) is 0.500. The average molecular weight is 275 g/mol. The molecule has 0 unspecified atom stereocenters. The van der Waals surface area contributed by atoms with Gasteiger partial charge in [0.25, 0.3) is 5.91 Å². The number of nitrogens with one attached hydrogen (secondary N) is 2. The number of hydrogen-bond acceptors (Lipinski definition) is 3. The van der Waals surface area contributed by atoms with Crippen LogP contribution in [0.3, 0.4) is 0 Å². The van der Waals surface area contributed by atoms with Gasteiger partial charge < -0.3 is 5.32 Å². The van der Waals surface area contributed by atoms with Crippen LogP contribution in [-0.2, 0) is 19.9 Å². The second-order valence-electron chi connectivity index (χ2n) is 4.88.